The zero-order chi connectivity index (χ0) is 13.6. The zero-order valence-electron chi connectivity index (χ0n) is 11.0. The minimum atomic E-state index is -2.95. The maximum Gasteiger partial charge on any atom is 0.186 e. The number of fused-ring (bicyclic) bond motifs is 1. The van der Waals surface area contributed by atoms with Gasteiger partial charge in [0.1, 0.15) is 0 Å². The standard InChI is InChI=1S/C13H16N2O2S2/c1-9-4-3-5-11-12(9)18-13(14-11)15-7-6-10(8-15)19(2,16)17/h3-5,10H,6-8H2,1-2H3. The van der Waals surface area contributed by atoms with E-state index in [-0.39, 0.29) is 5.25 Å². The molecule has 0 saturated carbocycles. The molecule has 0 amide bonds. The van der Waals surface area contributed by atoms with E-state index in [0.29, 0.717) is 13.0 Å². The summed E-state index contributed by atoms with van der Waals surface area (Å²) in [6.45, 7) is 3.42. The summed E-state index contributed by atoms with van der Waals surface area (Å²) in [4.78, 5) is 6.71. The third-order valence-corrected chi connectivity index (χ3v) is 6.48. The van der Waals surface area contributed by atoms with Crippen LogP contribution in [0.25, 0.3) is 10.2 Å². The molecule has 0 bridgehead atoms. The Balaban J connectivity index is 1.92. The second-order valence-corrected chi connectivity index (χ2v) is 8.41. The Labute approximate surface area is 117 Å². The van der Waals surface area contributed by atoms with Crippen molar-refractivity contribution in [3.05, 3.63) is 23.8 Å². The van der Waals surface area contributed by atoms with Crippen molar-refractivity contribution in [2.45, 2.75) is 18.6 Å². The number of anilines is 1. The fourth-order valence-electron chi connectivity index (χ4n) is 2.46. The minimum Gasteiger partial charge on any atom is -0.347 e. The molecule has 102 valence electrons. The van der Waals surface area contributed by atoms with Crippen molar-refractivity contribution in [3.63, 3.8) is 0 Å². The van der Waals surface area contributed by atoms with Crippen molar-refractivity contribution in [1.82, 2.24) is 4.98 Å². The first-order valence-electron chi connectivity index (χ1n) is 6.25. The topological polar surface area (TPSA) is 50.3 Å². The molecule has 1 aliphatic rings. The molecule has 1 aromatic carbocycles. The van der Waals surface area contributed by atoms with Crippen molar-refractivity contribution in [2.24, 2.45) is 0 Å². The van der Waals surface area contributed by atoms with Crippen LogP contribution in [-0.4, -0.2) is 38.0 Å². The zero-order valence-corrected chi connectivity index (χ0v) is 12.6. The van der Waals surface area contributed by atoms with E-state index in [4.69, 9.17) is 0 Å². The van der Waals surface area contributed by atoms with Gasteiger partial charge < -0.3 is 4.90 Å². The van der Waals surface area contributed by atoms with E-state index in [0.717, 1.165) is 17.2 Å². The predicted molar refractivity (Wildman–Crippen MR) is 79.8 cm³/mol. The highest BCUT2D eigenvalue weighted by Gasteiger charge is 2.31. The van der Waals surface area contributed by atoms with Crippen LogP contribution >= 0.6 is 11.3 Å². The largest absolute Gasteiger partial charge is 0.347 e. The lowest BCUT2D eigenvalue weighted by molar-refractivity contribution is 0.589. The lowest BCUT2D eigenvalue weighted by Gasteiger charge is -2.13. The molecular weight excluding hydrogens is 280 g/mol. The molecule has 4 nitrogen and oxygen atoms in total. The number of thiazole rings is 1. The van der Waals surface area contributed by atoms with Crippen LogP contribution in [0.2, 0.25) is 0 Å². The van der Waals surface area contributed by atoms with Gasteiger partial charge in [-0.15, -0.1) is 0 Å². The molecule has 1 fully saturated rings. The van der Waals surface area contributed by atoms with Crippen molar-refractivity contribution in [1.29, 1.82) is 0 Å². The van der Waals surface area contributed by atoms with E-state index in [2.05, 4.69) is 22.9 Å². The smallest absolute Gasteiger partial charge is 0.186 e. The quantitative estimate of drug-likeness (QED) is 0.853. The van der Waals surface area contributed by atoms with E-state index in [9.17, 15) is 8.42 Å². The van der Waals surface area contributed by atoms with E-state index in [1.165, 1.54) is 16.5 Å². The van der Waals surface area contributed by atoms with Crippen LogP contribution in [0.3, 0.4) is 0 Å². The number of aryl methyl sites for hydroxylation is 1. The van der Waals surface area contributed by atoms with E-state index < -0.39 is 9.84 Å². The Kier molecular flexibility index (Phi) is 3.02. The van der Waals surface area contributed by atoms with Gasteiger partial charge in [-0.05, 0) is 25.0 Å². The highest BCUT2D eigenvalue weighted by molar-refractivity contribution is 7.91. The number of benzene rings is 1. The first-order valence-corrected chi connectivity index (χ1v) is 9.02. The lowest BCUT2D eigenvalue weighted by Crippen LogP contribution is -2.25. The van der Waals surface area contributed by atoms with Crippen LogP contribution in [0.1, 0.15) is 12.0 Å². The average molecular weight is 296 g/mol. The molecular formula is C13H16N2O2S2. The molecule has 1 atom stereocenters. The predicted octanol–water partition coefficient (Wildman–Crippen LogP) is 2.23. The van der Waals surface area contributed by atoms with Crippen LogP contribution in [0.4, 0.5) is 5.13 Å². The molecule has 3 rings (SSSR count). The fourth-order valence-corrected chi connectivity index (χ4v) is 4.51. The fraction of sp³-hybridized carbons (Fsp3) is 0.462. The maximum absolute atomic E-state index is 11.6. The molecule has 1 aliphatic heterocycles. The number of aromatic nitrogens is 1. The van der Waals surface area contributed by atoms with Crippen molar-refractivity contribution in [3.8, 4) is 0 Å². The van der Waals surface area contributed by atoms with Gasteiger partial charge in [-0.3, -0.25) is 0 Å². The van der Waals surface area contributed by atoms with Gasteiger partial charge in [0.2, 0.25) is 0 Å². The maximum atomic E-state index is 11.6. The molecule has 6 heteroatoms. The van der Waals surface area contributed by atoms with Gasteiger partial charge in [0.15, 0.2) is 15.0 Å². The van der Waals surface area contributed by atoms with Gasteiger partial charge in [-0.1, -0.05) is 23.5 Å². The summed E-state index contributed by atoms with van der Waals surface area (Å²) < 4.78 is 24.4. The number of hydrogen-bond donors (Lipinski definition) is 0. The Morgan fingerprint density at radius 1 is 1.42 bits per heavy atom. The third-order valence-electron chi connectivity index (χ3n) is 3.62. The molecule has 0 N–H and O–H groups in total. The number of sulfone groups is 1. The second-order valence-electron chi connectivity index (χ2n) is 5.11. The van der Waals surface area contributed by atoms with Crippen LogP contribution < -0.4 is 4.90 Å². The molecule has 1 aromatic heterocycles. The Bertz CT molecular complexity index is 721. The van der Waals surface area contributed by atoms with Crippen LogP contribution in [-0.2, 0) is 9.84 Å². The molecule has 1 unspecified atom stereocenters. The van der Waals surface area contributed by atoms with E-state index in [1.54, 1.807) is 11.3 Å². The van der Waals surface area contributed by atoms with Crippen molar-refractivity contribution >= 4 is 36.5 Å². The summed E-state index contributed by atoms with van der Waals surface area (Å²) in [6, 6.07) is 6.09. The van der Waals surface area contributed by atoms with Gasteiger partial charge in [0, 0.05) is 19.3 Å². The highest BCUT2D eigenvalue weighted by Crippen LogP contribution is 2.33. The van der Waals surface area contributed by atoms with E-state index in [1.807, 2.05) is 12.1 Å². The summed E-state index contributed by atoms with van der Waals surface area (Å²) in [5.74, 6) is 0. The first-order chi connectivity index (χ1) is 8.95. The SMILES string of the molecule is Cc1cccc2nc(N3CCC(S(C)(=O)=O)C3)sc12. The van der Waals surface area contributed by atoms with Crippen LogP contribution in [0.15, 0.2) is 18.2 Å². The van der Waals surface area contributed by atoms with Gasteiger partial charge in [0.25, 0.3) is 0 Å². The monoisotopic (exact) mass is 296 g/mol. The summed E-state index contributed by atoms with van der Waals surface area (Å²) >= 11 is 1.65. The number of hydrogen-bond acceptors (Lipinski definition) is 5. The Morgan fingerprint density at radius 3 is 2.84 bits per heavy atom. The summed E-state index contributed by atoms with van der Waals surface area (Å²) in [7, 11) is -2.95. The summed E-state index contributed by atoms with van der Waals surface area (Å²) in [6.07, 6.45) is 2.03. The number of nitrogens with zero attached hydrogens (tertiary/aromatic N) is 2. The third kappa shape index (κ3) is 2.34. The molecule has 2 heterocycles. The van der Waals surface area contributed by atoms with Gasteiger partial charge >= 0.3 is 0 Å². The lowest BCUT2D eigenvalue weighted by atomic mass is 10.2. The van der Waals surface area contributed by atoms with Crippen LogP contribution in [0, 0.1) is 6.92 Å². The normalized spacial score (nSPS) is 20.3. The molecule has 0 aliphatic carbocycles. The molecule has 0 spiro atoms. The Hall–Kier alpha value is -1.14. The summed E-state index contributed by atoms with van der Waals surface area (Å²) in [5.41, 5.74) is 2.22. The summed E-state index contributed by atoms with van der Waals surface area (Å²) in [5, 5.41) is 0.691. The van der Waals surface area contributed by atoms with Gasteiger partial charge in [-0.2, -0.15) is 0 Å². The molecule has 1 saturated heterocycles. The highest BCUT2D eigenvalue weighted by atomic mass is 32.2. The molecule has 19 heavy (non-hydrogen) atoms. The van der Waals surface area contributed by atoms with Crippen molar-refractivity contribution < 1.29 is 8.42 Å². The van der Waals surface area contributed by atoms with E-state index >= 15 is 0 Å². The first kappa shape index (κ1) is 12.9. The average Bonchev–Trinajstić information content (AvgIpc) is 2.94. The minimum absolute atomic E-state index is 0.249. The number of rotatable bonds is 2. The van der Waals surface area contributed by atoms with Crippen LogP contribution in [0.5, 0.6) is 0 Å². The van der Waals surface area contributed by atoms with Gasteiger partial charge in [0.05, 0.1) is 15.5 Å². The van der Waals surface area contributed by atoms with Crippen molar-refractivity contribution in [2.75, 3.05) is 24.2 Å². The van der Waals surface area contributed by atoms with Gasteiger partial charge in [-0.25, -0.2) is 13.4 Å². The second kappa shape index (κ2) is 4.45. The Morgan fingerprint density at radius 2 is 2.21 bits per heavy atom. The molecule has 2 aromatic rings. The molecule has 0 radical (unpaired) electrons.